The maximum absolute atomic E-state index is 6.06. The number of hydrogen-bond acceptors (Lipinski definition) is 3. The SMILES string of the molecule is Clc1cccc(CNc2ccn3nc(-c4cccc(Cl)c4)cc3n2)c1. The minimum atomic E-state index is 0.652. The summed E-state index contributed by atoms with van der Waals surface area (Å²) in [5.41, 5.74) is 3.67. The van der Waals surface area contributed by atoms with Gasteiger partial charge in [-0.25, -0.2) is 9.50 Å². The van der Waals surface area contributed by atoms with Crippen LogP contribution in [0.15, 0.2) is 66.9 Å². The Labute approximate surface area is 155 Å². The minimum absolute atomic E-state index is 0.652. The first-order valence-corrected chi connectivity index (χ1v) is 8.54. The topological polar surface area (TPSA) is 42.2 Å². The molecule has 2 aromatic carbocycles. The number of nitrogens with one attached hydrogen (secondary N) is 1. The molecule has 0 fully saturated rings. The van der Waals surface area contributed by atoms with Gasteiger partial charge in [0.2, 0.25) is 0 Å². The Hall–Kier alpha value is -2.56. The van der Waals surface area contributed by atoms with Crippen LogP contribution in [0.3, 0.4) is 0 Å². The van der Waals surface area contributed by atoms with Crippen LogP contribution in [-0.4, -0.2) is 14.6 Å². The summed E-state index contributed by atoms with van der Waals surface area (Å²) in [7, 11) is 0. The first-order chi connectivity index (χ1) is 12.2. The molecular weight excluding hydrogens is 355 g/mol. The fourth-order valence-electron chi connectivity index (χ4n) is 2.61. The van der Waals surface area contributed by atoms with Crippen molar-refractivity contribution in [1.82, 2.24) is 14.6 Å². The average Bonchev–Trinajstić information content (AvgIpc) is 3.03. The number of aromatic nitrogens is 3. The van der Waals surface area contributed by atoms with Crippen molar-refractivity contribution in [3.05, 3.63) is 82.5 Å². The van der Waals surface area contributed by atoms with Crippen molar-refractivity contribution in [2.45, 2.75) is 6.54 Å². The van der Waals surface area contributed by atoms with Crippen molar-refractivity contribution in [2.24, 2.45) is 0 Å². The van der Waals surface area contributed by atoms with E-state index in [1.54, 1.807) is 4.52 Å². The van der Waals surface area contributed by atoms with Gasteiger partial charge in [-0.1, -0.05) is 47.5 Å². The van der Waals surface area contributed by atoms with Crippen LogP contribution in [0.4, 0.5) is 5.82 Å². The third kappa shape index (κ3) is 3.60. The maximum Gasteiger partial charge on any atom is 0.157 e. The number of rotatable bonds is 4. The summed E-state index contributed by atoms with van der Waals surface area (Å²) in [6, 6.07) is 19.2. The van der Waals surface area contributed by atoms with E-state index in [2.05, 4.69) is 15.4 Å². The van der Waals surface area contributed by atoms with E-state index in [-0.39, 0.29) is 0 Å². The Balaban J connectivity index is 1.58. The summed E-state index contributed by atoms with van der Waals surface area (Å²) in [6.07, 6.45) is 1.89. The number of anilines is 1. The molecule has 0 saturated heterocycles. The van der Waals surface area contributed by atoms with Gasteiger partial charge in [0.25, 0.3) is 0 Å². The van der Waals surface area contributed by atoms with Crippen LogP contribution in [-0.2, 0) is 6.54 Å². The molecule has 2 heterocycles. The standard InChI is InChI=1S/C19H14Cl2N4/c20-15-5-1-3-13(9-15)12-22-18-7-8-25-19(23-18)11-17(24-25)14-4-2-6-16(21)10-14/h1-11H,12H2,(H,22,23). The first-order valence-electron chi connectivity index (χ1n) is 7.78. The Morgan fingerprint density at radius 1 is 0.920 bits per heavy atom. The quantitative estimate of drug-likeness (QED) is 0.530. The van der Waals surface area contributed by atoms with Gasteiger partial charge in [0.05, 0.1) is 5.69 Å². The van der Waals surface area contributed by atoms with Crippen LogP contribution in [0.5, 0.6) is 0 Å². The second-order valence-corrected chi connectivity index (χ2v) is 6.51. The lowest BCUT2D eigenvalue weighted by atomic mass is 10.2. The summed E-state index contributed by atoms with van der Waals surface area (Å²) in [5, 5.41) is 9.26. The zero-order valence-corrected chi connectivity index (χ0v) is 14.7. The number of benzene rings is 2. The Morgan fingerprint density at radius 3 is 2.52 bits per heavy atom. The van der Waals surface area contributed by atoms with E-state index in [0.29, 0.717) is 11.6 Å². The van der Waals surface area contributed by atoms with Gasteiger partial charge >= 0.3 is 0 Å². The molecule has 1 N–H and O–H groups in total. The Kier molecular flexibility index (Phi) is 4.30. The van der Waals surface area contributed by atoms with Gasteiger partial charge in [0.15, 0.2) is 5.65 Å². The summed E-state index contributed by atoms with van der Waals surface area (Å²) >= 11 is 12.1. The predicted molar refractivity (Wildman–Crippen MR) is 102 cm³/mol. The van der Waals surface area contributed by atoms with Crippen molar-refractivity contribution >= 4 is 34.7 Å². The number of nitrogens with zero attached hydrogens (tertiary/aromatic N) is 3. The molecule has 2 aromatic heterocycles. The van der Waals surface area contributed by atoms with Gasteiger partial charge in [-0.15, -0.1) is 0 Å². The van der Waals surface area contributed by atoms with E-state index in [1.807, 2.05) is 66.9 Å². The molecule has 4 rings (SSSR count). The van der Waals surface area contributed by atoms with E-state index in [1.165, 1.54) is 0 Å². The number of fused-ring (bicyclic) bond motifs is 1. The molecule has 0 unspecified atom stereocenters. The molecule has 6 heteroatoms. The summed E-state index contributed by atoms with van der Waals surface area (Å²) in [6.45, 7) is 0.652. The highest BCUT2D eigenvalue weighted by molar-refractivity contribution is 6.31. The molecule has 0 bridgehead atoms. The highest BCUT2D eigenvalue weighted by Crippen LogP contribution is 2.23. The second kappa shape index (κ2) is 6.75. The summed E-state index contributed by atoms with van der Waals surface area (Å²) in [5.74, 6) is 0.782. The summed E-state index contributed by atoms with van der Waals surface area (Å²) < 4.78 is 1.75. The second-order valence-electron chi connectivity index (χ2n) is 5.64. The third-order valence-electron chi connectivity index (χ3n) is 3.81. The summed E-state index contributed by atoms with van der Waals surface area (Å²) in [4.78, 5) is 4.60. The van der Waals surface area contributed by atoms with Crippen molar-refractivity contribution in [2.75, 3.05) is 5.32 Å². The van der Waals surface area contributed by atoms with Crippen LogP contribution in [0, 0.1) is 0 Å². The monoisotopic (exact) mass is 368 g/mol. The number of hydrogen-bond donors (Lipinski definition) is 1. The molecule has 0 saturated carbocycles. The molecule has 4 aromatic rings. The molecule has 0 atom stereocenters. The molecule has 4 nitrogen and oxygen atoms in total. The molecule has 0 amide bonds. The molecular formula is C19H14Cl2N4. The lowest BCUT2D eigenvalue weighted by Crippen LogP contribution is -2.02. The lowest BCUT2D eigenvalue weighted by molar-refractivity contribution is 0.940. The smallest absolute Gasteiger partial charge is 0.157 e. The van der Waals surface area contributed by atoms with Crippen LogP contribution in [0.25, 0.3) is 16.9 Å². The maximum atomic E-state index is 6.06. The fraction of sp³-hybridized carbons (Fsp3) is 0.0526. The molecule has 25 heavy (non-hydrogen) atoms. The Bertz CT molecular complexity index is 1040. The van der Waals surface area contributed by atoms with Crippen LogP contribution < -0.4 is 5.32 Å². The molecule has 0 radical (unpaired) electrons. The first kappa shape index (κ1) is 15.9. The normalized spacial score (nSPS) is 11.0. The van der Waals surface area contributed by atoms with Gasteiger partial charge in [-0.05, 0) is 35.9 Å². The van der Waals surface area contributed by atoms with Crippen molar-refractivity contribution < 1.29 is 0 Å². The van der Waals surface area contributed by atoms with Crippen LogP contribution >= 0.6 is 23.2 Å². The van der Waals surface area contributed by atoms with Gasteiger partial charge in [0.1, 0.15) is 5.82 Å². The zero-order valence-electron chi connectivity index (χ0n) is 13.2. The van der Waals surface area contributed by atoms with E-state index in [0.717, 1.165) is 33.3 Å². The predicted octanol–water partition coefficient (Wildman–Crippen LogP) is 5.32. The van der Waals surface area contributed by atoms with Crippen molar-refractivity contribution in [3.8, 4) is 11.3 Å². The largest absolute Gasteiger partial charge is 0.366 e. The highest BCUT2D eigenvalue weighted by Gasteiger charge is 2.07. The van der Waals surface area contributed by atoms with Crippen molar-refractivity contribution in [1.29, 1.82) is 0 Å². The molecule has 124 valence electrons. The molecule has 0 aliphatic heterocycles. The van der Waals surface area contributed by atoms with E-state index >= 15 is 0 Å². The Morgan fingerprint density at radius 2 is 1.72 bits per heavy atom. The van der Waals surface area contributed by atoms with E-state index in [4.69, 9.17) is 23.2 Å². The minimum Gasteiger partial charge on any atom is -0.366 e. The van der Waals surface area contributed by atoms with Gasteiger partial charge in [-0.3, -0.25) is 0 Å². The molecule has 0 aliphatic rings. The zero-order chi connectivity index (χ0) is 17.2. The lowest BCUT2D eigenvalue weighted by Gasteiger charge is -2.06. The van der Waals surface area contributed by atoms with Crippen LogP contribution in [0.2, 0.25) is 10.0 Å². The highest BCUT2D eigenvalue weighted by atomic mass is 35.5. The van der Waals surface area contributed by atoms with Crippen molar-refractivity contribution in [3.63, 3.8) is 0 Å². The van der Waals surface area contributed by atoms with E-state index < -0.39 is 0 Å². The van der Waals surface area contributed by atoms with Gasteiger partial charge in [0, 0.05) is 34.4 Å². The third-order valence-corrected chi connectivity index (χ3v) is 4.28. The molecule has 0 aliphatic carbocycles. The fourth-order valence-corrected chi connectivity index (χ4v) is 3.01. The van der Waals surface area contributed by atoms with E-state index in [9.17, 15) is 0 Å². The molecule has 0 spiro atoms. The average molecular weight is 369 g/mol. The van der Waals surface area contributed by atoms with Gasteiger partial charge in [-0.2, -0.15) is 5.10 Å². The number of halogens is 2. The van der Waals surface area contributed by atoms with Crippen LogP contribution in [0.1, 0.15) is 5.56 Å². The van der Waals surface area contributed by atoms with Gasteiger partial charge < -0.3 is 5.32 Å².